The van der Waals surface area contributed by atoms with Gasteiger partial charge in [-0.3, -0.25) is 0 Å². The lowest BCUT2D eigenvalue weighted by atomic mass is 9.75. The van der Waals surface area contributed by atoms with Gasteiger partial charge in [-0.2, -0.15) is 0 Å². The average Bonchev–Trinajstić information content (AvgIpc) is 2.79. The fraction of sp³-hybridized carbons (Fsp3) is 0.562. The molecule has 0 saturated heterocycles. The van der Waals surface area contributed by atoms with Gasteiger partial charge in [-0.25, -0.2) is 4.98 Å². The zero-order valence-electron chi connectivity index (χ0n) is 11.4. The SMILES string of the molecule is CCC1CCCC(O)(Cc2nc3ccccc3s2)C1. The fourth-order valence-electron chi connectivity index (χ4n) is 3.25. The monoisotopic (exact) mass is 275 g/mol. The standard InChI is InChI=1S/C16H21NOS/c1-2-12-6-5-9-16(18,10-12)11-15-17-13-7-3-4-8-14(13)19-15/h3-4,7-8,12,18H,2,5-6,9-11H2,1H3. The first-order chi connectivity index (χ1) is 9.18. The molecule has 2 nitrogen and oxygen atoms in total. The van der Waals surface area contributed by atoms with Crippen LogP contribution in [0.3, 0.4) is 0 Å². The van der Waals surface area contributed by atoms with Crippen molar-refractivity contribution in [1.29, 1.82) is 0 Å². The summed E-state index contributed by atoms with van der Waals surface area (Å²) in [5.74, 6) is 0.688. The number of aliphatic hydroxyl groups is 1. The molecule has 1 aliphatic carbocycles. The van der Waals surface area contributed by atoms with Crippen LogP contribution in [0.15, 0.2) is 24.3 Å². The number of nitrogens with zero attached hydrogens (tertiary/aromatic N) is 1. The van der Waals surface area contributed by atoms with Crippen LogP contribution in [0, 0.1) is 5.92 Å². The molecule has 0 bridgehead atoms. The summed E-state index contributed by atoms with van der Waals surface area (Å²) in [6.07, 6.45) is 6.21. The molecule has 1 aromatic heterocycles. The van der Waals surface area contributed by atoms with Crippen molar-refractivity contribution in [2.45, 2.75) is 51.0 Å². The molecule has 102 valence electrons. The third kappa shape index (κ3) is 2.82. The molecule has 0 aliphatic heterocycles. The lowest BCUT2D eigenvalue weighted by Crippen LogP contribution is -2.37. The van der Waals surface area contributed by atoms with Gasteiger partial charge in [-0.1, -0.05) is 38.3 Å². The molecule has 0 radical (unpaired) electrons. The van der Waals surface area contributed by atoms with Gasteiger partial charge in [0.25, 0.3) is 0 Å². The second kappa shape index (κ2) is 5.22. The second-order valence-corrected chi connectivity index (χ2v) is 6.96. The smallest absolute Gasteiger partial charge is 0.0967 e. The van der Waals surface area contributed by atoms with Gasteiger partial charge in [0.05, 0.1) is 20.8 Å². The summed E-state index contributed by atoms with van der Waals surface area (Å²) in [7, 11) is 0. The molecule has 1 aromatic carbocycles. The van der Waals surface area contributed by atoms with E-state index in [0.717, 1.165) is 36.2 Å². The van der Waals surface area contributed by atoms with Crippen LogP contribution in [0.5, 0.6) is 0 Å². The van der Waals surface area contributed by atoms with Gasteiger partial charge in [0.15, 0.2) is 0 Å². The molecular formula is C16H21NOS. The normalized spacial score (nSPS) is 27.8. The van der Waals surface area contributed by atoms with Crippen molar-refractivity contribution in [3.63, 3.8) is 0 Å². The minimum atomic E-state index is -0.521. The predicted octanol–water partition coefficient (Wildman–Crippen LogP) is 4.17. The number of fused-ring (bicyclic) bond motifs is 1. The van der Waals surface area contributed by atoms with Crippen LogP contribution in [-0.2, 0) is 6.42 Å². The molecule has 2 aromatic rings. The van der Waals surface area contributed by atoms with Crippen LogP contribution in [-0.4, -0.2) is 15.7 Å². The van der Waals surface area contributed by atoms with Gasteiger partial charge in [0, 0.05) is 6.42 Å². The van der Waals surface area contributed by atoms with Gasteiger partial charge in [-0.05, 0) is 30.9 Å². The summed E-state index contributed by atoms with van der Waals surface area (Å²) < 4.78 is 1.23. The fourth-order valence-corrected chi connectivity index (χ4v) is 4.35. The summed E-state index contributed by atoms with van der Waals surface area (Å²) in [5, 5.41) is 11.9. The van der Waals surface area contributed by atoms with Gasteiger partial charge >= 0.3 is 0 Å². The summed E-state index contributed by atoms with van der Waals surface area (Å²) in [5.41, 5.74) is 0.543. The van der Waals surface area contributed by atoms with Crippen LogP contribution in [0.1, 0.15) is 44.0 Å². The number of hydrogen-bond acceptors (Lipinski definition) is 3. The Morgan fingerprint density at radius 2 is 2.26 bits per heavy atom. The van der Waals surface area contributed by atoms with E-state index >= 15 is 0 Å². The lowest BCUT2D eigenvalue weighted by Gasteiger charge is -2.36. The molecular weight excluding hydrogens is 254 g/mol. The topological polar surface area (TPSA) is 33.1 Å². The van der Waals surface area contributed by atoms with E-state index in [2.05, 4.69) is 24.0 Å². The summed E-state index contributed by atoms with van der Waals surface area (Å²) >= 11 is 1.73. The minimum Gasteiger partial charge on any atom is -0.389 e. The average molecular weight is 275 g/mol. The van der Waals surface area contributed by atoms with Crippen LogP contribution < -0.4 is 0 Å². The van der Waals surface area contributed by atoms with Gasteiger partial charge in [0.2, 0.25) is 0 Å². The Morgan fingerprint density at radius 3 is 3.05 bits per heavy atom. The van der Waals surface area contributed by atoms with Crippen LogP contribution in [0.25, 0.3) is 10.2 Å². The maximum atomic E-state index is 10.8. The second-order valence-electron chi connectivity index (χ2n) is 5.85. The Labute approximate surface area is 118 Å². The van der Waals surface area contributed by atoms with Crippen molar-refractivity contribution in [2.75, 3.05) is 0 Å². The van der Waals surface area contributed by atoms with Crippen molar-refractivity contribution >= 4 is 21.6 Å². The van der Waals surface area contributed by atoms with E-state index in [-0.39, 0.29) is 0 Å². The zero-order valence-corrected chi connectivity index (χ0v) is 12.2. The van der Waals surface area contributed by atoms with Crippen molar-refractivity contribution in [3.8, 4) is 0 Å². The first kappa shape index (κ1) is 13.1. The Bertz CT molecular complexity index is 532. The molecule has 1 aliphatic rings. The number of hydrogen-bond donors (Lipinski definition) is 1. The summed E-state index contributed by atoms with van der Waals surface area (Å²) in [4.78, 5) is 4.66. The van der Waals surface area contributed by atoms with E-state index in [1.807, 2.05) is 12.1 Å². The van der Waals surface area contributed by atoms with E-state index in [4.69, 9.17) is 0 Å². The van der Waals surface area contributed by atoms with Crippen molar-refractivity contribution in [2.24, 2.45) is 5.92 Å². The van der Waals surface area contributed by atoms with E-state index in [1.165, 1.54) is 17.5 Å². The molecule has 2 unspecified atom stereocenters. The summed E-state index contributed by atoms with van der Waals surface area (Å²) in [6.45, 7) is 2.23. The number of benzene rings is 1. The Balaban J connectivity index is 1.79. The molecule has 19 heavy (non-hydrogen) atoms. The third-order valence-electron chi connectivity index (χ3n) is 4.32. The van der Waals surface area contributed by atoms with Crippen LogP contribution in [0.4, 0.5) is 0 Å². The first-order valence-corrected chi connectivity index (χ1v) is 8.07. The number of aromatic nitrogens is 1. The van der Waals surface area contributed by atoms with Gasteiger partial charge in [0.1, 0.15) is 0 Å². The van der Waals surface area contributed by atoms with E-state index in [9.17, 15) is 5.11 Å². The lowest BCUT2D eigenvalue weighted by molar-refractivity contribution is -0.0161. The first-order valence-electron chi connectivity index (χ1n) is 7.25. The Kier molecular flexibility index (Phi) is 3.59. The highest BCUT2D eigenvalue weighted by atomic mass is 32.1. The zero-order chi connectivity index (χ0) is 13.3. The van der Waals surface area contributed by atoms with Crippen molar-refractivity contribution in [1.82, 2.24) is 4.98 Å². The molecule has 2 atom stereocenters. The van der Waals surface area contributed by atoms with Crippen LogP contribution in [0.2, 0.25) is 0 Å². The van der Waals surface area contributed by atoms with E-state index < -0.39 is 5.60 Å². The predicted molar refractivity (Wildman–Crippen MR) is 80.5 cm³/mol. The van der Waals surface area contributed by atoms with E-state index in [1.54, 1.807) is 11.3 Å². The molecule has 1 heterocycles. The van der Waals surface area contributed by atoms with Crippen molar-refractivity contribution in [3.05, 3.63) is 29.3 Å². The molecule has 1 fully saturated rings. The van der Waals surface area contributed by atoms with Gasteiger partial charge < -0.3 is 5.11 Å². The Hall–Kier alpha value is -0.930. The molecule has 3 rings (SSSR count). The highest BCUT2D eigenvalue weighted by Crippen LogP contribution is 2.37. The van der Waals surface area contributed by atoms with E-state index in [0.29, 0.717) is 5.92 Å². The number of rotatable bonds is 3. The minimum absolute atomic E-state index is 0.521. The molecule has 1 saturated carbocycles. The molecule has 1 N–H and O–H groups in total. The quantitative estimate of drug-likeness (QED) is 0.912. The summed E-state index contributed by atoms with van der Waals surface area (Å²) in [6, 6.07) is 8.23. The number of thiazole rings is 1. The molecule has 0 amide bonds. The number of para-hydroxylation sites is 1. The van der Waals surface area contributed by atoms with Gasteiger partial charge in [-0.15, -0.1) is 11.3 Å². The van der Waals surface area contributed by atoms with Crippen LogP contribution >= 0.6 is 11.3 Å². The molecule has 0 spiro atoms. The third-order valence-corrected chi connectivity index (χ3v) is 5.36. The Morgan fingerprint density at radius 1 is 1.42 bits per heavy atom. The maximum Gasteiger partial charge on any atom is 0.0967 e. The maximum absolute atomic E-state index is 10.8. The highest BCUT2D eigenvalue weighted by Gasteiger charge is 2.34. The van der Waals surface area contributed by atoms with Crippen molar-refractivity contribution < 1.29 is 5.11 Å². The highest BCUT2D eigenvalue weighted by molar-refractivity contribution is 7.18. The largest absolute Gasteiger partial charge is 0.389 e. The molecule has 3 heteroatoms.